The van der Waals surface area contributed by atoms with Crippen molar-refractivity contribution in [3.63, 3.8) is 0 Å². The molecule has 3 aliphatic carbocycles. The first-order valence-corrected chi connectivity index (χ1v) is 13.7. The molecule has 0 unspecified atom stereocenters. The molecule has 6 rings (SSSR count). The number of anilines is 1. The average Bonchev–Trinajstić information content (AvgIpc) is 3.17. The van der Waals surface area contributed by atoms with E-state index in [1.165, 1.54) is 11.0 Å². The number of benzene rings is 2. The average molecular weight is 572 g/mol. The highest BCUT2D eigenvalue weighted by atomic mass is 79.9. The number of phenols is 1. The number of halogens is 1. The van der Waals surface area contributed by atoms with E-state index in [9.17, 15) is 24.3 Å². The van der Waals surface area contributed by atoms with Crippen molar-refractivity contribution in [1.82, 2.24) is 0 Å². The molecule has 1 fully saturated rings. The maximum Gasteiger partial charge on any atom is 0.238 e. The van der Waals surface area contributed by atoms with Crippen molar-refractivity contribution in [2.24, 2.45) is 17.8 Å². The molecular weight excluding hydrogens is 546 g/mol. The van der Waals surface area contributed by atoms with Gasteiger partial charge in [0.05, 0.1) is 17.5 Å². The summed E-state index contributed by atoms with van der Waals surface area (Å²) >= 11 is 3.47. The van der Waals surface area contributed by atoms with E-state index in [4.69, 9.17) is 0 Å². The van der Waals surface area contributed by atoms with Crippen LogP contribution in [0.2, 0.25) is 0 Å². The third-order valence-corrected chi connectivity index (χ3v) is 8.96. The number of rotatable bonds is 3. The molecule has 7 heteroatoms. The molecule has 1 saturated heterocycles. The van der Waals surface area contributed by atoms with Crippen LogP contribution in [0, 0.1) is 17.8 Å². The maximum absolute atomic E-state index is 13.9. The van der Waals surface area contributed by atoms with E-state index < -0.39 is 23.7 Å². The van der Waals surface area contributed by atoms with Gasteiger partial charge in [-0.1, -0.05) is 46.6 Å². The number of amides is 2. The van der Waals surface area contributed by atoms with Crippen LogP contribution >= 0.6 is 15.9 Å². The molecule has 192 valence electrons. The van der Waals surface area contributed by atoms with Crippen LogP contribution in [0.15, 0.2) is 81.4 Å². The van der Waals surface area contributed by atoms with Gasteiger partial charge in [-0.3, -0.25) is 24.1 Å². The van der Waals surface area contributed by atoms with Crippen LogP contribution in [-0.4, -0.2) is 28.5 Å². The Bertz CT molecular complexity index is 1530. The molecule has 0 spiro atoms. The minimum atomic E-state index is -0.678. The predicted octanol–water partition coefficient (Wildman–Crippen LogP) is 5.35. The zero-order valence-corrected chi connectivity index (χ0v) is 22.6. The molecule has 6 nitrogen and oxygen atoms in total. The number of fused-ring (bicyclic) bond motifs is 3. The number of phenolic OH excluding ortho intramolecular Hbond substituents is 1. The Hall–Kier alpha value is -3.58. The van der Waals surface area contributed by atoms with Crippen LogP contribution in [0.4, 0.5) is 5.69 Å². The van der Waals surface area contributed by atoms with E-state index in [0.29, 0.717) is 34.4 Å². The lowest BCUT2D eigenvalue weighted by molar-refractivity contribution is -0.123. The molecule has 0 aromatic heterocycles. The molecule has 1 N–H and O–H groups in total. The van der Waals surface area contributed by atoms with Gasteiger partial charge >= 0.3 is 0 Å². The summed E-state index contributed by atoms with van der Waals surface area (Å²) < 4.78 is 0.722. The summed E-state index contributed by atoms with van der Waals surface area (Å²) in [6.45, 7) is 3.67. The first-order valence-electron chi connectivity index (χ1n) is 12.9. The number of hydrogen-bond acceptors (Lipinski definition) is 5. The highest BCUT2D eigenvalue weighted by Crippen LogP contribution is 2.56. The van der Waals surface area contributed by atoms with Crippen LogP contribution in [0.25, 0.3) is 0 Å². The summed E-state index contributed by atoms with van der Waals surface area (Å²) in [6.07, 6.45) is 4.74. The van der Waals surface area contributed by atoms with Crippen LogP contribution in [0.1, 0.15) is 43.7 Å². The predicted molar refractivity (Wildman–Crippen MR) is 145 cm³/mol. The van der Waals surface area contributed by atoms with Gasteiger partial charge < -0.3 is 5.11 Å². The quantitative estimate of drug-likeness (QED) is 0.304. The third-order valence-electron chi connectivity index (χ3n) is 8.47. The Kier molecular flexibility index (Phi) is 5.87. The van der Waals surface area contributed by atoms with Crippen molar-refractivity contribution in [2.45, 2.75) is 39.0 Å². The lowest BCUT2D eigenvalue weighted by Crippen LogP contribution is -2.39. The number of carbonyl (C=O) groups excluding carboxylic acids is 4. The summed E-state index contributed by atoms with van der Waals surface area (Å²) in [5, 5.41) is 10.9. The second kappa shape index (κ2) is 9.02. The Morgan fingerprint density at radius 1 is 1.00 bits per heavy atom. The van der Waals surface area contributed by atoms with E-state index in [0.717, 1.165) is 22.0 Å². The van der Waals surface area contributed by atoms with E-state index in [1.54, 1.807) is 37.3 Å². The van der Waals surface area contributed by atoms with Gasteiger partial charge in [-0.15, -0.1) is 0 Å². The normalized spacial score (nSPS) is 26.7. The molecule has 0 bridgehead atoms. The maximum atomic E-state index is 13.9. The van der Waals surface area contributed by atoms with Gasteiger partial charge in [0.2, 0.25) is 11.8 Å². The minimum absolute atomic E-state index is 0.00708. The van der Waals surface area contributed by atoms with Crippen molar-refractivity contribution >= 4 is 45.0 Å². The third kappa shape index (κ3) is 3.59. The monoisotopic (exact) mass is 571 g/mol. The highest BCUT2D eigenvalue weighted by Gasteiger charge is 2.56. The molecular formula is C31H26BrNO5. The molecule has 38 heavy (non-hydrogen) atoms. The topological polar surface area (TPSA) is 91.8 Å². The number of hydrogen-bond donors (Lipinski definition) is 1. The number of aromatic hydroxyl groups is 1. The summed E-state index contributed by atoms with van der Waals surface area (Å²) in [7, 11) is 0. The lowest BCUT2D eigenvalue weighted by Gasteiger charge is -2.42. The van der Waals surface area contributed by atoms with Gasteiger partial charge in [0.25, 0.3) is 0 Å². The zero-order chi connectivity index (χ0) is 26.9. The Morgan fingerprint density at radius 2 is 1.74 bits per heavy atom. The summed E-state index contributed by atoms with van der Waals surface area (Å²) in [4.78, 5) is 55.5. The largest absolute Gasteiger partial charge is 0.508 e. The summed E-state index contributed by atoms with van der Waals surface area (Å²) in [6, 6.07) is 12.5. The smallest absolute Gasteiger partial charge is 0.238 e. The molecule has 2 aromatic carbocycles. The highest BCUT2D eigenvalue weighted by molar-refractivity contribution is 9.10. The Morgan fingerprint density at radius 3 is 2.45 bits per heavy atom. The number of carbonyl (C=O) groups is 4. The first-order chi connectivity index (χ1) is 18.2. The summed E-state index contributed by atoms with van der Waals surface area (Å²) in [5.74, 6) is -3.27. The van der Waals surface area contributed by atoms with Crippen molar-refractivity contribution in [3.05, 3.63) is 92.5 Å². The molecule has 2 aromatic rings. The lowest BCUT2D eigenvalue weighted by atomic mass is 9.59. The van der Waals surface area contributed by atoms with Gasteiger partial charge in [0, 0.05) is 32.7 Å². The standard InChI is InChI=1S/C31H26BrNO5/c1-3-16-4-7-18(8-5-16)33-30(37)20-10-9-19-21(27(20)31(33)38)14-23-25(35)12-15(2)29(36)28(23)26(19)22-13-17(32)6-11-24(22)34/h4-9,11-13,20-21,26-27,34H,3,10,14H2,1-2H3/t20-,21+,26+,27-/m0/s1. The molecule has 2 amide bonds. The fourth-order valence-electron chi connectivity index (χ4n) is 6.61. The van der Waals surface area contributed by atoms with Gasteiger partial charge in [-0.25, -0.2) is 0 Å². The van der Waals surface area contributed by atoms with E-state index in [2.05, 4.69) is 15.9 Å². The number of nitrogens with zero attached hydrogens (tertiary/aromatic N) is 1. The van der Waals surface area contributed by atoms with E-state index >= 15 is 0 Å². The molecule has 1 aliphatic heterocycles. The van der Waals surface area contributed by atoms with Gasteiger partial charge in [-0.2, -0.15) is 0 Å². The number of aryl methyl sites for hydroxylation is 1. The second-order valence-electron chi connectivity index (χ2n) is 10.5. The molecule has 0 radical (unpaired) electrons. The van der Waals surface area contributed by atoms with Crippen molar-refractivity contribution in [3.8, 4) is 5.75 Å². The number of Topliss-reactive ketones (excluding diaryl/α,β-unsaturated/α-hetero) is 1. The zero-order valence-electron chi connectivity index (χ0n) is 21.0. The van der Waals surface area contributed by atoms with Gasteiger partial charge in [0.15, 0.2) is 11.6 Å². The summed E-state index contributed by atoms with van der Waals surface area (Å²) in [5.41, 5.74) is 4.08. The first kappa shape index (κ1) is 24.7. The van der Waals surface area contributed by atoms with Crippen molar-refractivity contribution < 1.29 is 24.3 Å². The van der Waals surface area contributed by atoms with Crippen molar-refractivity contribution in [2.75, 3.05) is 4.90 Å². The minimum Gasteiger partial charge on any atom is -0.508 e. The second-order valence-corrected chi connectivity index (χ2v) is 11.4. The number of imide groups is 1. The molecule has 4 aliphatic rings. The van der Waals surface area contributed by atoms with Crippen LogP contribution in [-0.2, 0) is 25.6 Å². The molecule has 4 atom stereocenters. The van der Waals surface area contributed by atoms with E-state index in [-0.39, 0.29) is 35.6 Å². The van der Waals surface area contributed by atoms with Crippen molar-refractivity contribution in [1.29, 1.82) is 0 Å². The number of allylic oxidation sites excluding steroid dienone is 6. The fourth-order valence-corrected chi connectivity index (χ4v) is 6.99. The SMILES string of the molecule is CCc1ccc(N2C(=O)[C@H]3[C@H](CC=C4[C@H](c5cc(Br)ccc5O)C5=C(C[C@H]43)C(=O)C=C(C)C5=O)C2=O)cc1. The van der Waals surface area contributed by atoms with E-state index in [1.807, 2.05) is 25.1 Å². The van der Waals surface area contributed by atoms with Crippen LogP contribution in [0.3, 0.4) is 0 Å². The Labute approximate surface area is 228 Å². The Balaban J connectivity index is 1.48. The number of ketones is 2. The van der Waals surface area contributed by atoms with Gasteiger partial charge in [-0.05, 0) is 74.1 Å². The molecule has 0 saturated carbocycles. The fraction of sp³-hybridized carbons (Fsp3) is 0.290. The van der Waals surface area contributed by atoms with Crippen LogP contribution < -0.4 is 4.90 Å². The molecule has 1 heterocycles. The van der Waals surface area contributed by atoms with Gasteiger partial charge in [0.1, 0.15) is 5.75 Å². The van der Waals surface area contributed by atoms with Crippen LogP contribution in [0.5, 0.6) is 5.75 Å².